The number of sulfonamides is 1. The molecule has 2 rings (SSSR count). The van der Waals surface area contributed by atoms with Crippen LogP contribution in [-0.2, 0) is 29.1 Å². The standard InChI is InChI=1S/C19H20N2O7S2/c1-3-8-20-30(25,26)15-7-4-6-14(11-15)19(24)28-10-5-9-21-16(22)13-29-17(21)12-18(23)27-2/h1,4,6-7,11-12,20H,5,8-10,13H2,2H3/b17-12+. The third-order valence-electron chi connectivity index (χ3n) is 3.86. The average molecular weight is 453 g/mol. The molecule has 0 aliphatic carbocycles. The van der Waals surface area contributed by atoms with Gasteiger partial charge < -0.3 is 14.4 Å². The minimum atomic E-state index is -3.83. The number of hydrogen-bond acceptors (Lipinski definition) is 8. The molecule has 9 nitrogen and oxygen atoms in total. The number of ether oxygens (including phenoxy) is 2. The molecule has 0 aromatic heterocycles. The van der Waals surface area contributed by atoms with Crippen LogP contribution in [0, 0.1) is 12.3 Å². The quantitative estimate of drug-likeness (QED) is 0.252. The van der Waals surface area contributed by atoms with E-state index < -0.39 is 22.0 Å². The van der Waals surface area contributed by atoms with Gasteiger partial charge in [0.25, 0.3) is 0 Å². The number of thioether (sulfide) groups is 1. The number of methoxy groups -OCH3 is 1. The molecule has 0 radical (unpaired) electrons. The van der Waals surface area contributed by atoms with E-state index >= 15 is 0 Å². The summed E-state index contributed by atoms with van der Waals surface area (Å²) in [6.45, 7) is 0.0917. The maximum Gasteiger partial charge on any atom is 0.338 e. The smallest absolute Gasteiger partial charge is 0.338 e. The van der Waals surface area contributed by atoms with Crippen LogP contribution in [0.2, 0.25) is 0 Å². The van der Waals surface area contributed by atoms with Gasteiger partial charge in [-0.25, -0.2) is 18.0 Å². The highest BCUT2D eigenvalue weighted by atomic mass is 32.2. The van der Waals surface area contributed by atoms with Crippen molar-refractivity contribution in [2.24, 2.45) is 0 Å². The summed E-state index contributed by atoms with van der Waals surface area (Å²) in [5.41, 5.74) is 0.0673. The van der Waals surface area contributed by atoms with Crippen molar-refractivity contribution in [3.05, 3.63) is 40.9 Å². The van der Waals surface area contributed by atoms with Crippen molar-refractivity contribution in [3.63, 3.8) is 0 Å². The topological polar surface area (TPSA) is 119 Å². The van der Waals surface area contributed by atoms with E-state index in [2.05, 4.69) is 15.4 Å². The highest BCUT2D eigenvalue weighted by molar-refractivity contribution is 8.04. The monoisotopic (exact) mass is 452 g/mol. The lowest BCUT2D eigenvalue weighted by Crippen LogP contribution is -2.27. The SMILES string of the molecule is C#CCNS(=O)(=O)c1cccc(C(=O)OCCCN2C(=O)CS/C2=C/C(=O)OC)c1. The lowest BCUT2D eigenvalue weighted by Gasteiger charge is -2.16. The Hall–Kier alpha value is -2.81. The predicted molar refractivity (Wildman–Crippen MR) is 110 cm³/mol. The van der Waals surface area contributed by atoms with Crippen LogP contribution in [0.25, 0.3) is 0 Å². The number of benzene rings is 1. The van der Waals surface area contributed by atoms with Crippen molar-refractivity contribution in [1.82, 2.24) is 9.62 Å². The molecule has 1 fully saturated rings. The van der Waals surface area contributed by atoms with E-state index in [1.54, 1.807) is 0 Å². The van der Waals surface area contributed by atoms with Crippen molar-refractivity contribution < 1.29 is 32.3 Å². The van der Waals surface area contributed by atoms with E-state index in [1.165, 1.54) is 54.1 Å². The number of carbonyl (C=O) groups excluding carboxylic acids is 3. The Bertz CT molecular complexity index is 996. The number of nitrogens with zero attached hydrogens (tertiary/aromatic N) is 1. The molecular weight excluding hydrogens is 432 g/mol. The Morgan fingerprint density at radius 3 is 2.87 bits per heavy atom. The lowest BCUT2D eigenvalue weighted by molar-refractivity contribution is -0.134. The highest BCUT2D eigenvalue weighted by Gasteiger charge is 2.27. The Balaban J connectivity index is 1.91. The molecule has 1 amide bonds. The highest BCUT2D eigenvalue weighted by Crippen LogP contribution is 2.28. The largest absolute Gasteiger partial charge is 0.466 e. The van der Waals surface area contributed by atoms with Crippen molar-refractivity contribution >= 4 is 39.6 Å². The zero-order valence-corrected chi connectivity index (χ0v) is 17.8. The van der Waals surface area contributed by atoms with E-state index in [0.717, 1.165) is 0 Å². The van der Waals surface area contributed by atoms with Crippen LogP contribution >= 0.6 is 11.8 Å². The number of rotatable bonds is 9. The second-order valence-electron chi connectivity index (χ2n) is 5.89. The Morgan fingerprint density at radius 1 is 1.40 bits per heavy atom. The molecule has 160 valence electrons. The molecule has 11 heteroatoms. The number of nitrogens with one attached hydrogen (secondary N) is 1. The van der Waals surface area contributed by atoms with Crippen LogP contribution in [0.15, 0.2) is 40.3 Å². The third kappa shape index (κ3) is 6.35. The van der Waals surface area contributed by atoms with Crippen LogP contribution in [0.5, 0.6) is 0 Å². The van der Waals surface area contributed by atoms with Gasteiger partial charge in [-0.3, -0.25) is 4.79 Å². The first kappa shape index (κ1) is 23.5. The van der Waals surface area contributed by atoms with E-state index in [4.69, 9.17) is 11.2 Å². The van der Waals surface area contributed by atoms with E-state index in [1.807, 2.05) is 0 Å². The van der Waals surface area contributed by atoms with Gasteiger partial charge in [-0.2, -0.15) is 4.72 Å². The first-order chi connectivity index (χ1) is 14.3. The Morgan fingerprint density at radius 2 is 2.17 bits per heavy atom. The number of terminal acetylenes is 1. The van der Waals surface area contributed by atoms with Gasteiger partial charge in [0.1, 0.15) is 0 Å². The zero-order chi connectivity index (χ0) is 22.1. The van der Waals surface area contributed by atoms with Gasteiger partial charge in [-0.1, -0.05) is 23.7 Å². The summed E-state index contributed by atoms with van der Waals surface area (Å²) in [6, 6.07) is 5.38. The van der Waals surface area contributed by atoms with E-state index in [-0.39, 0.29) is 41.8 Å². The fourth-order valence-corrected chi connectivity index (χ4v) is 4.35. The van der Waals surface area contributed by atoms with Crippen LogP contribution in [0.4, 0.5) is 0 Å². The second-order valence-corrected chi connectivity index (χ2v) is 8.65. The Labute approximate surface area is 178 Å². The summed E-state index contributed by atoms with van der Waals surface area (Å²) < 4.78 is 36.1. The van der Waals surface area contributed by atoms with E-state index in [9.17, 15) is 22.8 Å². The van der Waals surface area contributed by atoms with Gasteiger partial charge >= 0.3 is 11.9 Å². The first-order valence-corrected chi connectivity index (χ1v) is 11.2. The number of esters is 2. The van der Waals surface area contributed by atoms with Crippen LogP contribution in [-0.4, -0.2) is 63.7 Å². The molecule has 0 spiro atoms. The molecule has 1 aliphatic heterocycles. The van der Waals surface area contributed by atoms with Gasteiger partial charge in [-0.05, 0) is 24.6 Å². The van der Waals surface area contributed by atoms with Crippen LogP contribution < -0.4 is 4.72 Å². The summed E-state index contributed by atoms with van der Waals surface area (Å²) in [7, 11) is -2.58. The molecule has 1 heterocycles. The van der Waals surface area contributed by atoms with E-state index in [0.29, 0.717) is 11.4 Å². The van der Waals surface area contributed by atoms with Gasteiger partial charge in [0.15, 0.2) is 0 Å². The molecule has 1 aromatic rings. The van der Waals surface area contributed by atoms with Crippen molar-refractivity contribution in [2.75, 3.05) is 32.6 Å². The van der Waals surface area contributed by atoms with Gasteiger partial charge in [0, 0.05) is 6.54 Å². The Kier molecular flexibility index (Phi) is 8.46. The molecule has 0 atom stereocenters. The number of amides is 1. The first-order valence-electron chi connectivity index (χ1n) is 8.71. The molecule has 1 aromatic carbocycles. The minimum Gasteiger partial charge on any atom is -0.466 e. The molecule has 0 bridgehead atoms. The molecule has 30 heavy (non-hydrogen) atoms. The molecular formula is C19H20N2O7S2. The fraction of sp³-hybridized carbons (Fsp3) is 0.316. The third-order valence-corrected chi connectivity index (χ3v) is 6.28. The summed E-state index contributed by atoms with van der Waals surface area (Å²) >= 11 is 1.23. The van der Waals surface area contributed by atoms with Crippen LogP contribution in [0.1, 0.15) is 16.8 Å². The maximum absolute atomic E-state index is 12.2. The van der Waals surface area contributed by atoms with Gasteiger partial charge in [-0.15, -0.1) is 6.42 Å². The molecule has 1 aliphatic rings. The average Bonchev–Trinajstić information content (AvgIpc) is 3.08. The lowest BCUT2D eigenvalue weighted by atomic mass is 10.2. The second kappa shape index (κ2) is 10.8. The molecule has 0 unspecified atom stereocenters. The van der Waals surface area contributed by atoms with Crippen molar-refractivity contribution in [3.8, 4) is 12.3 Å². The minimum absolute atomic E-state index is 0.00506. The van der Waals surface area contributed by atoms with Gasteiger partial charge in [0.2, 0.25) is 15.9 Å². The summed E-state index contributed by atoms with van der Waals surface area (Å²) in [6.07, 6.45) is 6.62. The maximum atomic E-state index is 12.2. The molecule has 1 saturated heterocycles. The predicted octanol–water partition coefficient (Wildman–Crippen LogP) is 0.735. The number of hydrogen-bond donors (Lipinski definition) is 1. The van der Waals surface area contributed by atoms with Crippen molar-refractivity contribution in [1.29, 1.82) is 0 Å². The number of carbonyl (C=O) groups is 3. The molecule has 0 saturated carbocycles. The fourth-order valence-electron chi connectivity index (χ4n) is 2.41. The molecule has 1 N–H and O–H groups in total. The summed E-state index contributed by atoms with van der Waals surface area (Å²) in [4.78, 5) is 36.9. The summed E-state index contributed by atoms with van der Waals surface area (Å²) in [5, 5.41) is 0.482. The van der Waals surface area contributed by atoms with Crippen LogP contribution in [0.3, 0.4) is 0 Å². The normalized spacial score (nSPS) is 15.1. The van der Waals surface area contributed by atoms with Gasteiger partial charge in [0.05, 0.1) is 47.6 Å². The summed E-state index contributed by atoms with van der Waals surface area (Å²) in [5.74, 6) is 0.976. The zero-order valence-electron chi connectivity index (χ0n) is 16.1. The van der Waals surface area contributed by atoms with Crippen molar-refractivity contribution in [2.45, 2.75) is 11.3 Å².